The van der Waals surface area contributed by atoms with Crippen LogP contribution < -0.4 is 15.5 Å². The van der Waals surface area contributed by atoms with Crippen LogP contribution in [-0.2, 0) is 4.74 Å². The molecule has 224 valence electrons. The van der Waals surface area contributed by atoms with Gasteiger partial charge in [0.05, 0.1) is 36.5 Å². The van der Waals surface area contributed by atoms with Gasteiger partial charge < -0.3 is 25.2 Å². The van der Waals surface area contributed by atoms with Crippen LogP contribution in [0.5, 0.6) is 0 Å². The van der Waals surface area contributed by atoms with Gasteiger partial charge in [0, 0.05) is 45.8 Å². The number of carbonyl (C=O) groups is 2. The molecule has 2 aliphatic rings. The predicted molar refractivity (Wildman–Crippen MR) is 160 cm³/mol. The van der Waals surface area contributed by atoms with Gasteiger partial charge in [-0.15, -0.1) is 5.10 Å². The molecule has 3 aromatic rings. The van der Waals surface area contributed by atoms with E-state index in [1.165, 1.54) is 4.68 Å². The molecule has 2 saturated heterocycles. The number of halogens is 3. The lowest BCUT2D eigenvalue weighted by Crippen LogP contribution is -2.44. The van der Waals surface area contributed by atoms with Crippen LogP contribution in [0.2, 0.25) is 15.5 Å². The molecule has 5 rings (SSSR count). The molecule has 2 N–H and O–H groups in total. The van der Waals surface area contributed by atoms with Gasteiger partial charge in [-0.1, -0.05) is 40.0 Å². The minimum absolute atomic E-state index is 0.0959. The van der Waals surface area contributed by atoms with Crippen molar-refractivity contribution in [1.82, 2.24) is 40.1 Å². The molecule has 4 heterocycles. The second-order valence-electron chi connectivity index (χ2n) is 10.0. The number of morpholine rings is 1. The Morgan fingerprint density at radius 2 is 1.69 bits per heavy atom. The molecule has 0 saturated carbocycles. The van der Waals surface area contributed by atoms with Gasteiger partial charge in [-0.05, 0) is 38.2 Å². The molecule has 0 unspecified atom stereocenters. The van der Waals surface area contributed by atoms with Crippen LogP contribution in [0.15, 0.2) is 24.4 Å². The molecule has 0 atom stereocenters. The third-order valence-electron chi connectivity index (χ3n) is 7.09. The minimum atomic E-state index is -0.602. The van der Waals surface area contributed by atoms with Crippen LogP contribution in [0, 0.1) is 0 Å². The maximum Gasteiger partial charge on any atom is 0.277 e. The van der Waals surface area contributed by atoms with Crippen molar-refractivity contribution in [2.45, 2.75) is 6.42 Å². The van der Waals surface area contributed by atoms with Crippen molar-refractivity contribution >= 4 is 58.0 Å². The molecule has 0 aliphatic carbocycles. The van der Waals surface area contributed by atoms with Crippen molar-refractivity contribution in [1.29, 1.82) is 0 Å². The van der Waals surface area contributed by atoms with Crippen molar-refractivity contribution in [3.63, 3.8) is 0 Å². The first-order valence-corrected chi connectivity index (χ1v) is 14.7. The number of aromatic nitrogens is 5. The summed E-state index contributed by atoms with van der Waals surface area (Å²) in [5.41, 5.74) is 1.92. The third kappa shape index (κ3) is 7.46. The van der Waals surface area contributed by atoms with E-state index in [9.17, 15) is 9.59 Å². The fourth-order valence-electron chi connectivity index (χ4n) is 4.71. The standard InChI is InChI=1S/C26H31Cl3N10O3/c1-36-7-9-38(10-8-36)20-4-3-17(15-18(20)31-26(41)21-22(27)33-24(29)23(28)32-21)39-16-19(34-35-39)25(40)30-5-2-6-37-11-13-42-14-12-37/h3-4,15-16H,2,5-14H2,1H3,(H,30,40)(H,31,41). The van der Waals surface area contributed by atoms with Crippen LogP contribution in [0.3, 0.4) is 0 Å². The first-order chi connectivity index (χ1) is 20.3. The highest BCUT2D eigenvalue weighted by molar-refractivity contribution is 6.41. The van der Waals surface area contributed by atoms with Crippen LogP contribution in [-0.4, -0.2) is 119 Å². The molecular weight excluding hydrogens is 607 g/mol. The zero-order chi connectivity index (χ0) is 29.6. The summed E-state index contributed by atoms with van der Waals surface area (Å²) in [6, 6.07) is 5.50. The maximum atomic E-state index is 13.2. The lowest BCUT2D eigenvalue weighted by Gasteiger charge is -2.35. The molecule has 1 aromatic carbocycles. The Morgan fingerprint density at radius 1 is 0.952 bits per heavy atom. The van der Waals surface area contributed by atoms with E-state index in [-0.39, 0.29) is 32.8 Å². The lowest BCUT2D eigenvalue weighted by molar-refractivity contribution is 0.0374. The molecule has 0 spiro atoms. The van der Waals surface area contributed by atoms with Gasteiger partial charge in [-0.25, -0.2) is 14.6 Å². The number of hydrogen-bond donors (Lipinski definition) is 2. The largest absolute Gasteiger partial charge is 0.379 e. The van der Waals surface area contributed by atoms with Gasteiger partial charge in [0.15, 0.2) is 26.8 Å². The Balaban J connectivity index is 1.31. The van der Waals surface area contributed by atoms with Gasteiger partial charge in [0.25, 0.3) is 11.8 Å². The van der Waals surface area contributed by atoms with Gasteiger partial charge in [0.2, 0.25) is 0 Å². The monoisotopic (exact) mass is 636 g/mol. The summed E-state index contributed by atoms with van der Waals surface area (Å²) in [4.78, 5) is 40.6. The molecule has 2 aliphatic heterocycles. The van der Waals surface area contributed by atoms with Gasteiger partial charge in [-0.3, -0.25) is 14.5 Å². The van der Waals surface area contributed by atoms with Crippen molar-refractivity contribution < 1.29 is 14.3 Å². The van der Waals surface area contributed by atoms with Crippen molar-refractivity contribution in [3.05, 3.63) is 51.2 Å². The van der Waals surface area contributed by atoms with E-state index in [4.69, 9.17) is 39.5 Å². The number of piperazine rings is 1. The van der Waals surface area contributed by atoms with Crippen LogP contribution >= 0.6 is 34.8 Å². The summed E-state index contributed by atoms with van der Waals surface area (Å²) in [5, 5.41) is 13.6. The summed E-state index contributed by atoms with van der Waals surface area (Å²) in [7, 11) is 2.07. The van der Waals surface area contributed by atoms with E-state index in [1.54, 1.807) is 12.3 Å². The van der Waals surface area contributed by atoms with Crippen LogP contribution in [0.4, 0.5) is 11.4 Å². The predicted octanol–water partition coefficient (Wildman–Crippen LogP) is 2.47. The molecule has 2 amide bonds. The second kappa shape index (κ2) is 13.9. The van der Waals surface area contributed by atoms with Crippen molar-refractivity contribution in [2.75, 3.05) is 82.8 Å². The molecule has 0 bridgehead atoms. The number of hydrogen-bond acceptors (Lipinski definition) is 10. The highest BCUT2D eigenvalue weighted by Gasteiger charge is 2.23. The minimum Gasteiger partial charge on any atom is -0.379 e. The molecule has 2 aromatic heterocycles. The molecule has 13 nitrogen and oxygen atoms in total. The van der Waals surface area contributed by atoms with Crippen LogP contribution in [0.1, 0.15) is 27.4 Å². The Hall–Kier alpha value is -3.07. The fourth-order valence-corrected chi connectivity index (χ4v) is 5.21. The SMILES string of the molecule is CN1CCN(c2ccc(-n3cc(C(=O)NCCCN4CCOCC4)nn3)cc2NC(=O)c2nc(Cl)c(Cl)nc2Cl)CC1. The van der Waals surface area contributed by atoms with E-state index >= 15 is 0 Å². The average molecular weight is 638 g/mol. The normalized spacial score (nSPS) is 16.4. The second-order valence-corrected chi connectivity index (χ2v) is 11.1. The molecule has 2 fully saturated rings. The maximum absolute atomic E-state index is 13.2. The molecule has 16 heteroatoms. The number of benzene rings is 1. The number of nitrogens with one attached hydrogen (secondary N) is 2. The van der Waals surface area contributed by atoms with E-state index in [0.29, 0.717) is 17.9 Å². The number of rotatable bonds is 9. The zero-order valence-corrected chi connectivity index (χ0v) is 25.3. The number of nitrogens with zero attached hydrogens (tertiary/aromatic N) is 8. The summed E-state index contributed by atoms with van der Waals surface area (Å²) >= 11 is 18.0. The van der Waals surface area contributed by atoms with Gasteiger partial charge in [0.1, 0.15) is 0 Å². The first-order valence-electron chi connectivity index (χ1n) is 13.6. The number of likely N-dealkylation sites (N-methyl/N-ethyl adjacent to an activating group) is 1. The Morgan fingerprint density at radius 3 is 2.45 bits per heavy atom. The Bertz CT molecular complexity index is 1420. The number of anilines is 2. The first kappa shape index (κ1) is 30.4. The van der Waals surface area contributed by atoms with E-state index < -0.39 is 5.91 Å². The van der Waals surface area contributed by atoms with E-state index in [2.05, 4.69) is 52.7 Å². The van der Waals surface area contributed by atoms with Gasteiger partial charge in [-0.2, -0.15) is 0 Å². The smallest absolute Gasteiger partial charge is 0.277 e. The van der Waals surface area contributed by atoms with Crippen molar-refractivity contribution in [2.24, 2.45) is 0 Å². The Kier molecular flexibility index (Phi) is 10.1. The molecular formula is C26H31Cl3N10O3. The summed E-state index contributed by atoms with van der Waals surface area (Å²) < 4.78 is 6.85. The molecule has 42 heavy (non-hydrogen) atoms. The number of amides is 2. The topological polar surface area (TPSA) is 134 Å². The highest BCUT2D eigenvalue weighted by atomic mass is 35.5. The van der Waals surface area contributed by atoms with Crippen molar-refractivity contribution in [3.8, 4) is 5.69 Å². The number of ether oxygens (including phenoxy) is 1. The summed E-state index contributed by atoms with van der Waals surface area (Å²) in [6.07, 6.45) is 2.37. The zero-order valence-electron chi connectivity index (χ0n) is 23.0. The third-order valence-corrected chi connectivity index (χ3v) is 7.98. The lowest BCUT2D eigenvalue weighted by atomic mass is 10.2. The quantitative estimate of drug-likeness (QED) is 0.337. The summed E-state index contributed by atoms with van der Waals surface area (Å²) in [5.74, 6) is -0.909. The molecule has 0 radical (unpaired) electrons. The fraction of sp³-hybridized carbons (Fsp3) is 0.462. The van der Waals surface area contributed by atoms with Gasteiger partial charge >= 0.3 is 0 Å². The van der Waals surface area contributed by atoms with E-state index in [1.807, 2.05) is 12.1 Å². The average Bonchev–Trinajstić information content (AvgIpc) is 3.49. The number of carbonyl (C=O) groups excluding carboxylic acids is 2. The van der Waals surface area contributed by atoms with E-state index in [0.717, 1.165) is 71.1 Å². The van der Waals surface area contributed by atoms with Crippen LogP contribution in [0.25, 0.3) is 5.69 Å². The highest BCUT2D eigenvalue weighted by Crippen LogP contribution is 2.31. The Labute approximate surface area is 258 Å². The summed E-state index contributed by atoms with van der Waals surface area (Å²) in [6.45, 7) is 8.00.